The van der Waals surface area contributed by atoms with E-state index in [1.54, 1.807) is 12.4 Å². The number of thiazole rings is 1. The second kappa shape index (κ2) is 4.75. The van der Waals surface area contributed by atoms with Crippen molar-refractivity contribution in [2.45, 2.75) is 25.6 Å². The highest BCUT2D eigenvalue weighted by atomic mass is 32.1. The first-order chi connectivity index (χ1) is 6.49. The number of alkyl halides is 3. The molecule has 0 saturated carbocycles. The fraction of sp³-hybridized carbons (Fsp3) is 0.625. The van der Waals surface area contributed by atoms with Crippen molar-refractivity contribution in [1.82, 2.24) is 10.3 Å². The molecule has 0 aromatic carbocycles. The van der Waals surface area contributed by atoms with Crippen LogP contribution in [0.25, 0.3) is 0 Å². The number of hydrogen-bond acceptors (Lipinski definition) is 3. The zero-order chi connectivity index (χ0) is 10.6. The van der Waals surface area contributed by atoms with Crippen LogP contribution in [0.2, 0.25) is 0 Å². The number of rotatable bonds is 4. The van der Waals surface area contributed by atoms with Gasteiger partial charge in [-0.25, -0.2) is 4.98 Å². The topological polar surface area (TPSA) is 24.9 Å². The number of hydrogen-bond donors (Lipinski definition) is 1. The van der Waals surface area contributed by atoms with Crippen LogP contribution in [0.15, 0.2) is 10.9 Å². The van der Waals surface area contributed by atoms with E-state index in [0.717, 1.165) is 5.69 Å². The van der Waals surface area contributed by atoms with Gasteiger partial charge in [0.1, 0.15) is 0 Å². The van der Waals surface area contributed by atoms with Crippen LogP contribution in [0.4, 0.5) is 13.2 Å². The summed E-state index contributed by atoms with van der Waals surface area (Å²) in [5.41, 5.74) is 2.45. The molecule has 2 nitrogen and oxygen atoms in total. The third-order valence-corrected chi connectivity index (χ3v) is 2.36. The highest BCUT2D eigenvalue weighted by molar-refractivity contribution is 7.07. The lowest BCUT2D eigenvalue weighted by Gasteiger charge is -2.12. The van der Waals surface area contributed by atoms with Gasteiger partial charge in [-0.05, 0) is 6.92 Å². The van der Waals surface area contributed by atoms with Crippen LogP contribution in [-0.2, 0) is 0 Å². The second-order valence-electron chi connectivity index (χ2n) is 2.95. The Morgan fingerprint density at radius 2 is 2.29 bits per heavy atom. The Morgan fingerprint density at radius 3 is 2.79 bits per heavy atom. The van der Waals surface area contributed by atoms with Crippen LogP contribution in [0.3, 0.4) is 0 Å². The summed E-state index contributed by atoms with van der Waals surface area (Å²) in [6.45, 7) is 1.73. The Kier molecular flexibility index (Phi) is 3.88. The fourth-order valence-electron chi connectivity index (χ4n) is 0.971. The predicted molar refractivity (Wildman–Crippen MR) is 49.2 cm³/mol. The lowest BCUT2D eigenvalue weighted by molar-refractivity contribution is -0.133. The molecule has 0 saturated heterocycles. The van der Waals surface area contributed by atoms with Gasteiger partial charge >= 0.3 is 6.18 Å². The monoisotopic (exact) mass is 224 g/mol. The molecule has 0 radical (unpaired) electrons. The Bertz CT molecular complexity index is 258. The van der Waals surface area contributed by atoms with Crippen LogP contribution >= 0.6 is 11.3 Å². The molecule has 1 aromatic heterocycles. The van der Waals surface area contributed by atoms with Gasteiger partial charge in [0.25, 0.3) is 0 Å². The Balaban J connectivity index is 2.26. The zero-order valence-corrected chi connectivity index (χ0v) is 8.45. The smallest absolute Gasteiger partial charge is 0.308 e. The first-order valence-electron chi connectivity index (χ1n) is 4.17. The average molecular weight is 224 g/mol. The standard InChI is InChI=1S/C8H11F3N2S/c1-6(7-4-14-5-13-7)12-3-2-8(9,10)11/h4-6,12H,2-3H2,1H3. The van der Waals surface area contributed by atoms with E-state index in [4.69, 9.17) is 0 Å². The Morgan fingerprint density at radius 1 is 1.57 bits per heavy atom. The van der Waals surface area contributed by atoms with Gasteiger partial charge in [-0.1, -0.05) is 0 Å². The van der Waals surface area contributed by atoms with Crippen molar-refractivity contribution in [3.05, 3.63) is 16.6 Å². The van der Waals surface area contributed by atoms with E-state index in [1.807, 2.05) is 5.38 Å². The van der Waals surface area contributed by atoms with Crippen molar-refractivity contribution in [3.8, 4) is 0 Å². The molecule has 1 N–H and O–H groups in total. The molecule has 0 aliphatic carbocycles. The second-order valence-corrected chi connectivity index (χ2v) is 3.67. The van der Waals surface area contributed by atoms with Gasteiger partial charge in [0.2, 0.25) is 0 Å². The number of halogens is 3. The molecule has 1 rings (SSSR count). The van der Waals surface area contributed by atoms with Crippen molar-refractivity contribution in [2.75, 3.05) is 6.54 Å². The molecule has 1 atom stereocenters. The summed E-state index contributed by atoms with van der Waals surface area (Å²) in [4.78, 5) is 4.01. The summed E-state index contributed by atoms with van der Waals surface area (Å²) in [6, 6.07) is -0.122. The average Bonchev–Trinajstić information content (AvgIpc) is 2.53. The maximum atomic E-state index is 11.8. The molecule has 0 bridgehead atoms. The molecule has 1 unspecified atom stereocenters. The first kappa shape index (κ1) is 11.5. The minimum atomic E-state index is -4.09. The quantitative estimate of drug-likeness (QED) is 0.850. The SMILES string of the molecule is CC(NCCC(F)(F)F)c1cscn1. The van der Waals surface area contributed by atoms with E-state index in [1.165, 1.54) is 11.3 Å². The molecule has 14 heavy (non-hydrogen) atoms. The van der Waals surface area contributed by atoms with Gasteiger partial charge in [0, 0.05) is 18.0 Å². The van der Waals surface area contributed by atoms with E-state index in [0.29, 0.717) is 0 Å². The molecule has 1 aromatic rings. The van der Waals surface area contributed by atoms with Crippen LogP contribution < -0.4 is 5.32 Å². The molecular weight excluding hydrogens is 213 g/mol. The summed E-state index contributed by atoms with van der Waals surface area (Å²) in [7, 11) is 0. The highest BCUT2D eigenvalue weighted by Gasteiger charge is 2.26. The lowest BCUT2D eigenvalue weighted by atomic mass is 10.2. The summed E-state index contributed by atoms with van der Waals surface area (Å²) < 4.78 is 35.4. The predicted octanol–water partition coefficient (Wildman–Crippen LogP) is 2.75. The highest BCUT2D eigenvalue weighted by Crippen LogP contribution is 2.19. The van der Waals surface area contributed by atoms with Crippen LogP contribution in [0.5, 0.6) is 0 Å². The maximum Gasteiger partial charge on any atom is 0.390 e. The van der Waals surface area contributed by atoms with Gasteiger partial charge in [-0.15, -0.1) is 11.3 Å². The fourth-order valence-corrected chi connectivity index (χ4v) is 1.62. The summed E-state index contributed by atoms with van der Waals surface area (Å²) in [6.07, 6.45) is -4.89. The van der Waals surface area contributed by atoms with Crippen LogP contribution in [0.1, 0.15) is 25.1 Å². The number of aromatic nitrogens is 1. The third kappa shape index (κ3) is 4.06. The molecule has 0 aliphatic rings. The largest absolute Gasteiger partial charge is 0.390 e. The van der Waals surface area contributed by atoms with Gasteiger partial charge in [0.05, 0.1) is 17.6 Å². The van der Waals surface area contributed by atoms with Gasteiger partial charge in [-0.2, -0.15) is 13.2 Å². The van der Waals surface area contributed by atoms with Crippen molar-refractivity contribution in [1.29, 1.82) is 0 Å². The molecule has 80 valence electrons. The van der Waals surface area contributed by atoms with Gasteiger partial charge < -0.3 is 5.32 Å². The summed E-state index contributed by atoms with van der Waals surface area (Å²) in [5, 5.41) is 4.59. The van der Waals surface area contributed by atoms with E-state index in [9.17, 15) is 13.2 Å². The molecule has 0 amide bonds. The minimum Gasteiger partial charge on any atom is -0.308 e. The molecule has 1 heterocycles. The van der Waals surface area contributed by atoms with Crippen molar-refractivity contribution >= 4 is 11.3 Å². The van der Waals surface area contributed by atoms with Crippen LogP contribution in [-0.4, -0.2) is 17.7 Å². The molecule has 6 heteroatoms. The number of nitrogens with one attached hydrogen (secondary N) is 1. The van der Waals surface area contributed by atoms with Crippen molar-refractivity contribution in [3.63, 3.8) is 0 Å². The van der Waals surface area contributed by atoms with Crippen LogP contribution in [0, 0.1) is 0 Å². The van der Waals surface area contributed by atoms with Crippen molar-refractivity contribution in [2.24, 2.45) is 0 Å². The maximum absolute atomic E-state index is 11.8. The van der Waals surface area contributed by atoms with Gasteiger partial charge in [-0.3, -0.25) is 0 Å². The van der Waals surface area contributed by atoms with E-state index in [-0.39, 0.29) is 12.6 Å². The minimum absolute atomic E-state index is 0.0673. The van der Waals surface area contributed by atoms with E-state index in [2.05, 4.69) is 10.3 Å². The summed E-state index contributed by atoms with van der Waals surface area (Å²) >= 11 is 1.43. The Labute approximate surface area is 84.2 Å². The van der Waals surface area contributed by atoms with Crippen molar-refractivity contribution < 1.29 is 13.2 Å². The van der Waals surface area contributed by atoms with E-state index < -0.39 is 12.6 Å². The van der Waals surface area contributed by atoms with Gasteiger partial charge in [0.15, 0.2) is 0 Å². The Hall–Kier alpha value is -0.620. The molecule has 0 spiro atoms. The molecular formula is C8H11F3N2S. The van der Waals surface area contributed by atoms with E-state index >= 15 is 0 Å². The lowest BCUT2D eigenvalue weighted by Crippen LogP contribution is -2.24. The number of nitrogens with zero attached hydrogens (tertiary/aromatic N) is 1. The third-order valence-electron chi connectivity index (χ3n) is 1.75. The first-order valence-corrected chi connectivity index (χ1v) is 5.11. The normalized spacial score (nSPS) is 14.3. The molecule has 0 aliphatic heterocycles. The zero-order valence-electron chi connectivity index (χ0n) is 7.64. The summed E-state index contributed by atoms with van der Waals surface area (Å²) in [5.74, 6) is 0. The molecule has 0 fully saturated rings.